The monoisotopic (exact) mass is 398 g/mol. The number of benzene rings is 2. The molecule has 10 heteroatoms. The van der Waals surface area contributed by atoms with Crippen LogP contribution in [-0.4, -0.2) is 44.9 Å². The van der Waals surface area contributed by atoms with E-state index in [1.807, 2.05) is 30.3 Å². The molecule has 9 nitrogen and oxygen atoms in total. The van der Waals surface area contributed by atoms with Gasteiger partial charge in [-0.3, -0.25) is 9.59 Å². The number of anilines is 2. The average molecular weight is 398 g/mol. The van der Waals surface area contributed by atoms with Gasteiger partial charge in [0.25, 0.3) is 0 Å². The summed E-state index contributed by atoms with van der Waals surface area (Å²) in [5, 5.41) is 17.5. The van der Waals surface area contributed by atoms with Crippen LogP contribution < -0.4 is 15.4 Å². The zero-order chi connectivity index (χ0) is 19.9. The zero-order valence-electron chi connectivity index (χ0n) is 15.2. The molecule has 144 valence electrons. The number of amides is 2. The van der Waals surface area contributed by atoms with E-state index in [1.54, 1.807) is 22.9 Å². The third-order valence-electron chi connectivity index (χ3n) is 3.59. The maximum absolute atomic E-state index is 12.4. The van der Waals surface area contributed by atoms with Gasteiger partial charge in [0, 0.05) is 13.0 Å². The number of hydrogen-bond acceptors (Lipinski definition) is 7. The highest BCUT2D eigenvalue weighted by Gasteiger charge is 2.14. The number of ether oxygens (including phenoxy) is 1. The van der Waals surface area contributed by atoms with E-state index in [4.69, 9.17) is 4.74 Å². The van der Waals surface area contributed by atoms with Crippen molar-refractivity contribution < 1.29 is 14.3 Å². The lowest BCUT2D eigenvalue weighted by Crippen LogP contribution is -2.17. The van der Waals surface area contributed by atoms with Crippen LogP contribution in [0.4, 0.5) is 11.4 Å². The van der Waals surface area contributed by atoms with Crippen molar-refractivity contribution in [1.82, 2.24) is 20.2 Å². The van der Waals surface area contributed by atoms with Gasteiger partial charge in [-0.15, -0.1) is 5.10 Å². The van der Waals surface area contributed by atoms with Crippen LogP contribution in [0.5, 0.6) is 5.75 Å². The van der Waals surface area contributed by atoms with Crippen LogP contribution in [0.2, 0.25) is 0 Å². The quantitative estimate of drug-likeness (QED) is 0.588. The van der Waals surface area contributed by atoms with Crippen molar-refractivity contribution in [1.29, 1.82) is 0 Å². The topological polar surface area (TPSA) is 111 Å². The van der Waals surface area contributed by atoms with Gasteiger partial charge in [-0.05, 0) is 34.7 Å². The van der Waals surface area contributed by atoms with Gasteiger partial charge >= 0.3 is 0 Å². The van der Waals surface area contributed by atoms with Gasteiger partial charge in [0.05, 0.1) is 29.9 Å². The second kappa shape index (κ2) is 9.00. The van der Waals surface area contributed by atoms with Crippen molar-refractivity contribution in [3.63, 3.8) is 0 Å². The molecule has 2 aromatic carbocycles. The molecule has 0 saturated carbocycles. The first-order chi connectivity index (χ1) is 13.6. The molecule has 0 spiro atoms. The van der Waals surface area contributed by atoms with E-state index >= 15 is 0 Å². The van der Waals surface area contributed by atoms with E-state index in [2.05, 4.69) is 26.2 Å². The Kier molecular flexibility index (Phi) is 6.22. The maximum Gasteiger partial charge on any atom is 0.234 e. The molecule has 3 rings (SSSR count). The Morgan fingerprint density at radius 2 is 1.89 bits per heavy atom. The van der Waals surface area contributed by atoms with Crippen molar-refractivity contribution in [2.45, 2.75) is 12.1 Å². The number of aromatic nitrogens is 4. The van der Waals surface area contributed by atoms with Crippen molar-refractivity contribution >= 4 is 35.0 Å². The average Bonchev–Trinajstić information content (AvgIpc) is 3.16. The van der Waals surface area contributed by atoms with Crippen molar-refractivity contribution in [3.05, 3.63) is 48.5 Å². The van der Waals surface area contributed by atoms with E-state index in [-0.39, 0.29) is 17.6 Å². The minimum Gasteiger partial charge on any atom is -0.497 e. The van der Waals surface area contributed by atoms with E-state index in [0.29, 0.717) is 22.3 Å². The summed E-state index contributed by atoms with van der Waals surface area (Å²) in [6.07, 6.45) is 0. The molecule has 0 aliphatic heterocycles. The van der Waals surface area contributed by atoms with Crippen LogP contribution in [0.25, 0.3) is 5.69 Å². The maximum atomic E-state index is 12.4. The van der Waals surface area contributed by atoms with Gasteiger partial charge in [-0.2, -0.15) is 4.68 Å². The fourth-order valence-electron chi connectivity index (χ4n) is 2.37. The fourth-order valence-corrected chi connectivity index (χ4v) is 3.06. The fraction of sp³-hybridized carbons (Fsp3) is 0.167. The van der Waals surface area contributed by atoms with Crippen LogP contribution in [0.3, 0.4) is 0 Å². The number of nitrogens with one attached hydrogen (secondary N) is 2. The first kappa shape index (κ1) is 19.4. The molecule has 0 aliphatic carbocycles. The SMILES string of the molecule is COc1ccc(NC(C)=O)c(NC(=O)CSc2nnnn2-c2ccccc2)c1. The second-order valence-corrected chi connectivity index (χ2v) is 6.58. The summed E-state index contributed by atoms with van der Waals surface area (Å²) in [7, 11) is 1.53. The summed E-state index contributed by atoms with van der Waals surface area (Å²) in [6, 6.07) is 14.4. The summed E-state index contributed by atoms with van der Waals surface area (Å²) < 4.78 is 6.74. The lowest BCUT2D eigenvalue weighted by atomic mass is 10.2. The largest absolute Gasteiger partial charge is 0.497 e. The van der Waals surface area contributed by atoms with E-state index in [1.165, 1.54) is 25.8 Å². The van der Waals surface area contributed by atoms with Crippen molar-refractivity contribution in [3.8, 4) is 11.4 Å². The highest BCUT2D eigenvalue weighted by molar-refractivity contribution is 7.99. The molecule has 2 N–H and O–H groups in total. The molecular weight excluding hydrogens is 380 g/mol. The number of thioether (sulfide) groups is 1. The molecule has 0 bridgehead atoms. The number of nitrogens with zero attached hydrogens (tertiary/aromatic N) is 4. The highest BCUT2D eigenvalue weighted by atomic mass is 32.2. The minimum atomic E-state index is -0.271. The number of tetrazole rings is 1. The number of rotatable bonds is 7. The Morgan fingerprint density at radius 3 is 2.61 bits per heavy atom. The lowest BCUT2D eigenvalue weighted by molar-refractivity contribution is -0.115. The Labute approximate surface area is 165 Å². The van der Waals surface area contributed by atoms with Crippen molar-refractivity contribution in [2.75, 3.05) is 23.5 Å². The van der Waals surface area contributed by atoms with Gasteiger partial charge in [0.1, 0.15) is 5.75 Å². The summed E-state index contributed by atoms with van der Waals surface area (Å²) in [5.74, 6) is 0.138. The smallest absolute Gasteiger partial charge is 0.234 e. The van der Waals surface area contributed by atoms with E-state index < -0.39 is 0 Å². The molecule has 1 heterocycles. The molecule has 0 unspecified atom stereocenters. The van der Waals surface area contributed by atoms with Gasteiger partial charge in [0.15, 0.2) is 0 Å². The molecule has 0 saturated heterocycles. The lowest BCUT2D eigenvalue weighted by Gasteiger charge is -2.13. The summed E-state index contributed by atoms with van der Waals surface area (Å²) >= 11 is 1.20. The first-order valence-corrected chi connectivity index (χ1v) is 9.27. The summed E-state index contributed by atoms with van der Waals surface area (Å²) in [4.78, 5) is 23.8. The highest BCUT2D eigenvalue weighted by Crippen LogP contribution is 2.27. The Bertz CT molecular complexity index is 976. The molecule has 0 fully saturated rings. The van der Waals surface area contributed by atoms with Crippen LogP contribution in [0.1, 0.15) is 6.92 Å². The Hall–Kier alpha value is -3.40. The standard InChI is InChI=1S/C18H18N6O3S/c1-12(25)19-15-9-8-14(27-2)10-16(15)20-17(26)11-28-18-21-22-23-24(18)13-6-4-3-5-7-13/h3-10H,11H2,1-2H3,(H,19,25)(H,20,26). The minimum absolute atomic E-state index is 0.0872. The third-order valence-corrected chi connectivity index (χ3v) is 4.50. The Balaban J connectivity index is 1.69. The molecule has 28 heavy (non-hydrogen) atoms. The van der Waals surface area contributed by atoms with Gasteiger partial charge in [-0.1, -0.05) is 30.0 Å². The van der Waals surface area contributed by atoms with Crippen LogP contribution in [0, 0.1) is 0 Å². The van der Waals surface area contributed by atoms with Gasteiger partial charge < -0.3 is 15.4 Å². The number of carbonyl (C=O) groups excluding carboxylic acids is 2. The first-order valence-electron chi connectivity index (χ1n) is 8.29. The predicted molar refractivity (Wildman–Crippen MR) is 106 cm³/mol. The molecule has 0 radical (unpaired) electrons. The molecular formula is C18H18N6O3S. The normalized spacial score (nSPS) is 10.4. The number of carbonyl (C=O) groups is 2. The molecule has 3 aromatic rings. The van der Waals surface area contributed by atoms with Crippen LogP contribution >= 0.6 is 11.8 Å². The van der Waals surface area contributed by atoms with Gasteiger partial charge in [-0.25, -0.2) is 0 Å². The van der Waals surface area contributed by atoms with Crippen LogP contribution in [-0.2, 0) is 9.59 Å². The Morgan fingerprint density at radius 1 is 1.11 bits per heavy atom. The summed E-state index contributed by atoms with van der Waals surface area (Å²) in [6.45, 7) is 1.40. The molecule has 0 aliphatic rings. The van der Waals surface area contributed by atoms with Gasteiger partial charge in [0.2, 0.25) is 17.0 Å². The number of methoxy groups -OCH3 is 1. The van der Waals surface area contributed by atoms with E-state index in [0.717, 1.165) is 5.69 Å². The second-order valence-electron chi connectivity index (χ2n) is 5.64. The number of hydrogen-bond donors (Lipinski definition) is 2. The predicted octanol–water partition coefficient (Wildman–Crippen LogP) is 2.36. The summed E-state index contributed by atoms with van der Waals surface area (Å²) in [5.41, 5.74) is 1.74. The van der Waals surface area contributed by atoms with Crippen molar-refractivity contribution in [2.24, 2.45) is 0 Å². The third kappa shape index (κ3) is 4.86. The molecule has 2 amide bonds. The zero-order valence-corrected chi connectivity index (χ0v) is 16.1. The molecule has 0 atom stereocenters. The van der Waals surface area contributed by atoms with Crippen LogP contribution in [0.15, 0.2) is 53.7 Å². The van der Waals surface area contributed by atoms with E-state index in [9.17, 15) is 9.59 Å². The number of para-hydroxylation sites is 1. The molecule has 1 aromatic heterocycles.